The maximum atomic E-state index is 13.6. The number of piperidine rings is 1. The number of anilines is 1. The number of benzene rings is 1. The molecule has 0 spiro atoms. The average molecular weight is 357 g/mol. The summed E-state index contributed by atoms with van der Waals surface area (Å²) >= 11 is 0. The molecule has 1 aromatic heterocycles. The number of nitrogens with one attached hydrogen (secondary N) is 2. The summed E-state index contributed by atoms with van der Waals surface area (Å²) in [5, 5.41) is 6.47. The number of rotatable bonds is 6. The average Bonchev–Trinajstić information content (AvgIpc) is 3.29. The maximum Gasteiger partial charge on any atom is 0.245 e. The van der Waals surface area contributed by atoms with E-state index in [1.54, 1.807) is 12.3 Å². The van der Waals surface area contributed by atoms with E-state index in [0.717, 1.165) is 38.2 Å². The monoisotopic (exact) mass is 357 g/mol. The van der Waals surface area contributed by atoms with Crippen LogP contribution in [0, 0.1) is 5.82 Å². The molecule has 1 saturated carbocycles. The van der Waals surface area contributed by atoms with E-state index < -0.39 is 5.54 Å². The van der Waals surface area contributed by atoms with Crippen molar-refractivity contribution in [3.63, 3.8) is 0 Å². The first kappa shape index (κ1) is 17.1. The summed E-state index contributed by atoms with van der Waals surface area (Å²) in [5.41, 5.74) is -0.0498. The number of likely N-dealkylation sites (tertiary alicyclic amines) is 1. The molecule has 2 aromatic rings. The van der Waals surface area contributed by atoms with Gasteiger partial charge in [0, 0.05) is 24.8 Å². The van der Waals surface area contributed by atoms with E-state index in [0.29, 0.717) is 24.6 Å². The van der Waals surface area contributed by atoms with Gasteiger partial charge in [0.15, 0.2) is 0 Å². The van der Waals surface area contributed by atoms with Crippen LogP contribution in [0.25, 0.3) is 0 Å². The van der Waals surface area contributed by atoms with Crippen LogP contribution >= 0.6 is 0 Å². The van der Waals surface area contributed by atoms with Crippen molar-refractivity contribution < 1.29 is 13.6 Å². The Balaban J connectivity index is 1.47. The van der Waals surface area contributed by atoms with Crippen molar-refractivity contribution in [2.45, 2.75) is 43.8 Å². The molecule has 0 unspecified atom stereocenters. The van der Waals surface area contributed by atoms with Crippen LogP contribution in [-0.2, 0) is 11.3 Å². The highest BCUT2D eigenvalue weighted by atomic mass is 19.1. The highest BCUT2D eigenvalue weighted by Crippen LogP contribution is 2.30. The van der Waals surface area contributed by atoms with Crippen LogP contribution in [0.2, 0.25) is 0 Å². The van der Waals surface area contributed by atoms with Crippen LogP contribution in [0.5, 0.6) is 0 Å². The number of hydrogen-bond acceptors (Lipinski definition) is 4. The standard InChI is InChI=1S/C20H24FN3O2/c21-15-3-1-4-17(13-15)23-20(19(25)22-16-6-7-16)8-10-24(11-9-20)14-18-5-2-12-26-18/h1-5,12-13,16,23H,6-11,14H2,(H,22,25). The zero-order valence-electron chi connectivity index (χ0n) is 14.7. The SMILES string of the molecule is O=C(NC1CC1)C1(Nc2cccc(F)c2)CCN(Cc2ccco2)CC1. The molecule has 26 heavy (non-hydrogen) atoms. The van der Waals surface area contributed by atoms with E-state index in [9.17, 15) is 9.18 Å². The molecular weight excluding hydrogens is 333 g/mol. The molecule has 0 bridgehead atoms. The number of nitrogens with zero attached hydrogens (tertiary/aromatic N) is 1. The normalized spacial score (nSPS) is 19.9. The zero-order chi connectivity index (χ0) is 18.0. The summed E-state index contributed by atoms with van der Waals surface area (Å²) in [6.45, 7) is 2.30. The lowest BCUT2D eigenvalue weighted by atomic mass is 9.85. The van der Waals surface area contributed by atoms with Gasteiger partial charge in [-0.05, 0) is 56.0 Å². The number of hydrogen-bond donors (Lipinski definition) is 2. The van der Waals surface area contributed by atoms with Gasteiger partial charge in [-0.3, -0.25) is 9.69 Å². The van der Waals surface area contributed by atoms with E-state index in [-0.39, 0.29) is 11.7 Å². The quantitative estimate of drug-likeness (QED) is 0.834. The van der Waals surface area contributed by atoms with Gasteiger partial charge in [0.05, 0.1) is 12.8 Å². The second kappa shape index (κ2) is 7.11. The van der Waals surface area contributed by atoms with Crippen LogP contribution in [0.15, 0.2) is 47.1 Å². The molecule has 138 valence electrons. The van der Waals surface area contributed by atoms with E-state index in [4.69, 9.17) is 4.42 Å². The Morgan fingerprint density at radius 2 is 2.04 bits per heavy atom. The smallest absolute Gasteiger partial charge is 0.245 e. The minimum absolute atomic E-state index is 0.0295. The summed E-state index contributed by atoms with van der Waals surface area (Å²) in [6, 6.07) is 10.5. The minimum Gasteiger partial charge on any atom is -0.468 e. The second-order valence-electron chi connectivity index (χ2n) is 7.32. The summed E-state index contributed by atoms with van der Waals surface area (Å²) in [4.78, 5) is 15.3. The van der Waals surface area contributed by atoms with Crippen LogP contribution in [0.1, 0.15) is 31.4 Å². The Labute approximate surface area is 152 Å². The van der Waals surface area contributed by atoms with Gasteiger partial charge in [-0.2, -0.15) is 0 Å². The largest absolute Gasteiger partial charge is 0.468 e. The zero-order valence-corrected chi connectivity index (χ0v) is 14.7. The van der Waals surface area contributed by atoms with Crippen LogP contribution < -0.4 is 10.6 Å². The molecule has 2 aliphatic rings. The highest BCUT2D eigenvalue weighted by molar-refractivity contribution is 5.90. The second-order valence-corrected chi connectivity index (χ2v) is 7.32. The van der Waals surface area contributed by atoms with Crippen LogP contribution in [0.4, 0.5) is 10.1 Å². The maximum absolute atomic E-state index is 13.6. The molecule has 0 radical (unpaired) electrons. The Morgan fingerprint density at radius 1 is 1.23 bits per heavy atom. The van der Waals surface area contributed by atoms with Crippen molar-refractivity contribution in [3.05, 3.63) is 54.2 Å². The third-order valence-electron chi connectivity index (χ3n) is 5.22. The van der Waals surface area contributed by atoms with E-state index >= 15 is 0 Å². The summed E-state index contributed by atoms with van der Waals surface area (Å²) in [7, 11) is 0. The Bertz CT molecular complexity index is 750. The first-order chi connectivity index (χ1) is 12.6. The molecule has 2 N–H and O–H groups in total. The van der Waals surface area contributed by atoms with Crippen molar-refractivity contribution in [3.8, 4) is 0 Å². The molecule has 1 aromatic carbocycles. The number of carbonyl (C=O) groups excluding carboxylic acids is 1. The van der Waals surface area contributed by atoms with Crippen LogP contribution in [-0.4, -0.2) is 35.5 Å². The number of halogens is 1. The van der Waals surface area contributed by atoms with Crippen molar-refractivity contribution in [2.24, 2.45) is 0 Å². The lowest BCUT2D eigenvalue weighted by Crippen LogP contribution is -2.58. The van der Waals surface area contributed by atoms with Crippen molar-refractivity contribution in [1.29, 1.82) is 0 Å². The molecule has 4 rings (SSSR count). The number of furan rings is 1. The van der Waals surface area contributed by atoms with E-state index in [1.807, 2.05) is 18.2 Å². The van der Waals surface area contributed by atoms with Crippen molar-refractivity contribution in [2.75, 3.05) is 18.4 Å². The van der Waals surface area contributed by atoms with Gasteiger partial charge in [-0.25, -0.2) is 4.39 Å². The van der Waals surface area contributed by atoms with Gasteiger partial charge in [0.25, 0.3) is 0 Å². The molecule has 1 saturated heterocycles. The summed E-state index contributed by atoms with van der Waals surface area (Å²) in [5.74, 6) is 0.655. The van der Waals surface area contributed by atoms with Gasteiger partial charge in [0.1, 0.15) is 17.1 Å². The molecule has 2 heterocycles. The molecule has 5 nitrogen and oxygen atoms in total. The van der Waals surface area contributed by atoms with Gasteiger partial charge < -0.3 is 15.1 Å². The highest BCUT2D eigenvalue weighted by Gasteiger charge is 2.43. The Hall–Kier alpha value is -2.34. The Morgan fingerprint density at radius 3 is 2.69 bits per heavy atom. The molecular formula is C20H24FN3O2. The van der Waals surface area contributed by atoms with E-state index in [1.165, 1.54) is 12.1 Å². The third kappa shape index (κ3) is 3.90. The fourth-order valence-electron chi connectivity index (χ4n) is 3.52. The molecule has 1 aliphatic carbocycles. The first-order valence-corrected chi connectivity index (χ1v) is 9.22. The molecule has 1 aliphatic heterocycles. The summed E-state index contributed by atoms with van der Waals surface area (Å²) < 4.78 is 19.0. The molecule has 2 fully saturated rings. The predicted molar refractivity (Wildman–Crippen MR) is 97.1 cm³/mol. The number of carbonyl (C=O) groups is 1. The molecule has 0 atom stereocenters. The number of amides is 1. The lowest BCUT2D eigenvalue weighted by molar-refractivity contribution is -0.127. The summed E-state index contributed by atoms with van der Waals surface area (Å²) in [6.07, 6.45) is 5.11. The van der Waals surface area contributed by atoms with E-state index in [2.05, 4.69) is 15.5 Å². The lowest BCUT2D eigenvalue weighted by Gasteiger charge is -2.41. The fourth-order valence-corrected chi connectivity index (χ4v) is 3.52. The molecule has 1 amide bonds. The first-order valence-electron chi connectivity index (χ1n) is 9.22. The van der Waals surface area contributed by atoms with Gasteiger partial charge in [-0.15, -0.1) is 0 Å². The third-order valence-corrected chi connectivity index (χ3v) is 5.22. The van der Waals surface area contributed by atoms with Crippen molar-refractivity contribution in [1.82, 2.24) is 10.2 Å². The molecule has 6 heteroatoms. The van der Waals surface area contributed by atoms with Gasteiger partial charge >= 0.3 is 0 Å². The van der Waals surface area contributed by atoms with Crippen LogP contribution in [0.3, 0.4) is 0 Å². The van der Waals surface area contributed by atoms with Crippen molar-refractivity contribution >= 4 is 11.6 Å². The van der Waals surface area contributed by atoms with Gasteiger partial charge in [0.2, 0.25) is 5.91 Å². The fraction of sp³-hybridized carbons (Fsp3) is 0.450. The topological polar surface area (TPSA) is 57.5 Å². The Kier molecular flexibility index (Phi) is 4.68. The minimum atomic E-state index is -0.698. The predicted octanol–water partition coefficient (Wildman–Crippen LogP) is 3.14. The van der Waals surface area contributed by atoms with Gasteiger partial charge in [-0.1, -0.05) is 6.07 Å².